The van der Waals surface area contributed by atoms with Crippen LogP contribution in [0.4, 0.5) is 5.69 Å². The maximum atomic E-state index is 10.5. The van der Waals surface area contributed by atoms with Crippen LogP contribution in [0.3, 0.4) is 0 Å². The van der Waals surface area contributed by atoms with Gasteiger partial charge in [-0.3, -0.25) is 0 Å². The summed E-state index contributed by atoms with van der Waals surface area (Å²) in [6.45, 7) is 7.71. The number of hydrogen-bond acceptors (Lipinski definition) is 1. The number of nitriles is 1. The number of aromatic nitrogens is 3. The maximum Gasteiger partial charge on any atom is 0.189 e. The topological polar surface area (TPSA) is 42.9 Å². The molecule has 0 bridgehead atoms. The molecule has 5 nitrogen and oxygen atoms in total. The maximum absolute atomic E-state index is 10.5. The van der Waals surface area contributed by atoms with Gasteiger partial charge in [-0.1, -0.05) is 109 Å². The lowest BCUT2D eigenvalue weighted by molar-refractivity contribution is 1.13. The van der Waals surface area contributed by atoms with Crippen molar-refractivity contribution >= 4 is 71.1 Å². The molecule has 0 aliphatic heterocycles. The van der Waals surface area contributed by atoms with Gasteiger partial charge in [0, 0.05) is 54.8 Å². The van der Waals surface area contributed by atoms with E-state index in [1.807, 2.05) is 42.5 Å². The van der Waals surface area contributed by atoms with E-state index in [2.05, 4.69) is 158 Å². The number of rotatable bonds is 4. The quantitative estimate of drug-likeness (QED) is 0.169. The van der Waals surface area contributed by atoms with Crippen LogP contribution in [0.1, 0.15) is 5.56 Å². The van der Waals surface area contributed by atoms with Gasteiger partial charge >= 0.3 is 0 Å². The summed E-state index contributed by atoms with van der Waals surface area (Å²) in [6.07, 6.45) is 0. The zero-order chi connectivity index (χ0) is 36.6. The van der Waals surface area contributed by atoms with Gasteiger partial charge < -0.3 is 13.7 Å². The zero-order valence-corrected chi connectivity index (χ0v) is 29.5. The molecule has 0 unspecified atom stereocenters. The highest BCUT2D eigenvalue weighted by Crippen LogP contribution is 2.41. The average Bonchev–Trinajstić information content (AvgIpc) is 3.89. The van der Waals surface area contributed by atoms with E-state index in [0.29, 0.717) is 11.3 Å². The molecule has 0 aliphatic carbocycles. The Morgan fingerprint density at radius 1 is 0.436 bits per heavy atom. The summed E-state index contributed by atoms with van der Waals surface area (Å²) in [5.74, 6) is 0. The van der Waals surface area contributed by atoms with Gasteiger partial charge in [0.25, 0.3) is 0 Å². The Bertz CT molecular complexity index is 3420. The fraction of sp³-hybridized carbons (Fsp3) is 0. The molecule has 5 heteroatoms. The van der Waals surface area contributed by atoms with Crippen molar-refractivity contribution in [2.24, 2.45) is 0 Å². The van der Waals surface area contributed by atoms with Crippen molar-refractivity contribution in [3.8, 4) is 34.3 Å². The van der Waals surface area contributed by atoms with Gasteiger partial charge in [0.1, 0.15) is 0 Å². The van der Waals surface area contributed by atoms with Crippen LogP contribution in [-0.4, -0.2) is 13.7 Å². The first-order valence-corrected chi connectivity index (χ1v) is 18.3. The van der Waals surface area contributed by atoms with Gasteiger partial charge in [0.05, 0.1) is 51.5 Å². The fourth-order valence-electron chi connectivity index (χ4n) is 8.76. The van der Waals surface area contributed by atoms with E-state index in [9.17, 15) is 5.26 Å². The van der Waals surface area contributed by atoms with E-state index < -0.39 is 0 Å². The van der Waals surface area contributed by atoms with Crippen LogP contribution < -0.4 is 0 Å². The molecule has 0 N–H and O–H groups in total. The Kier molecular flexibility index (Phi) is 6.61. The molecule has 55 heavy (non-hydrogen) atoms. The van der Waals surface area contributed by atoms with E-state index in [1.54, 1.807) is 0 Å². The highest BCUT2D eigenvalue weighted by molar-refractivity contribution is 6.15. The van der Waals surface area contributed by atoms with Crippen LogP contribution in [0.25, 0.3) is 98.5 Å². The van der Waals surface area contributed by atoms with E-state index in [4.69, 9.17) is 6.57 Å². The molecular formula is C50H29N5. The van der Waals surface area contributed by atoms with Crippen LogP contribution in [0.5, 0.6) is 0 Å². The predicted octanol–water partition coefficient (Wildman–Crippen LogP) is 13.1. The molecule has 0 fully saturated rings. The Morgan fingerprint density at radius 2 is 0.982 bits per heavy atom. The van der Waals surface area contributed by atoms with Crippen molar-refractivity contribution in [1.82, 2.24) is 13.7 Å². The van der Waals surface area contributed by atoms with Gasteiger partial charge in [-0.15, -0.1) is 0 Å². The SMILES string of the molecule is [C-]#[N+]c1ccc2c3ccccc3n(-c3ccc(C#N)c(-c4cccc(-n5c6ccccc6c6cccc(-n7c8ccccc8c8ccccc87)c65)c4)c3)c2c1. The summed E-state index contributed by atoms with van der Waals surface area (Å²) in [7, 11) is 0. The molecule has 254 valence electrons. The van der Waals surface area contributed by atoms with Crippen LogP contribution in [0.15, 0.2) is 176 Å². The highest BCUT2D eigenvalue weighted by atomic mass is 15.1. The van der Waals surface area contributed by atoms with E-state index in [-0.39, 0.29) is 0 Å². The van der Waals surface area contributed by atoms with E-state index in [0.717, 1.165) is 72.1 Å². The Labute approximate surface area is 316 Å². The van der Waals surface area contributed by atoms with Crippen LogP contribution in [-0.2, 0) is 0 Å². The first kappa shape index (κ1) is 30.7. The molecule has 0 saturated carbocycles. The van der Waals surface area contributed by atoms with Crippen LogP contribution in [0, 0.1) is 17.9 Å². The summed E-state index contributed by atoms with van der Waals surface area (Å²) in [5, 5.41) is 17.5. The first-order chi connectivity index (χ1) is 27.2. The van der Waals surface area contributed by atoms with Gasteiger partial charge in [-0.25, -0.2) is 4.85 Å². The minimum absolute atomic E-state index is 0.588. The van der Waals surface area contributed by atoms with Crippen LogP contribution in [0.2, 0.25) is 0 Å². The Balaban J connectivity index is 1.17. The molecule has 3 aromatic heterocycles. The average molecular weight is 700 g/mol. The van der Waals surface area contributed by atoms with Crippen molar-refractivity contribution in [2.45, 2.75) is 0 Å². The molecular weight excluding hydrogens is 671 g/mol. The monoisotopic (exact) mass is 699 g/mol. The van der Waals surface area contributed by atoms with Gasteiger partial charge in [0.15, 0.2) is 5.69 Å². The first-order valence-electron chi connectivity index (χ1n) is 18.3. The number of nitrogens with zero attached hydrogens (tertiary/aromatic N) is 5. The van der Waals surface area contributed by atoms with Crippen molar-refractivity contribution in [2.75, 3.05) is 0 Å². The second-order valence-electron chi connectivity index (χ2n) is 14.0. The molecule has 0 atom stereocenters. The van der Waals surface area contributed by atoms with Crippen molar-refractivity contribution in [3.63, 3.8) is 0 Å². The Hall–Kier alpha value is -7.86. The number of para-hydroxylation sites is 5. The van der Waals surface area contributed by atoms with Crippen molar-refractivity contribution < 1.29 is 0 Å². The standard InChI is InChI=1S/C50H29N5/c1-52-34-25-27-41-39-16-2-6-19-44(39)53(49(41)29-34)36-26-24-33(31-51)43(30-36)32-12-10-13-35(28-32)54-45-20-7-5-17-40(45)42-18-11-23-48(50(42)54)55-46-21-8-3-14-37(46)38-15-4-9-22-47(38)55/h2-30H. The molecule has 0 spiro atoms. The van der Waals surface area contributed by atoms with E-state index in [1.165, 1.54) is 21.5 Å². The highest BCUT2D eigenvalue weighted by Gasteiger charge is 2.21. The zero-order valence-electron chi connectivity index (χ0n) is 29.5. The lowest BCUT2D eigenvalue weighted by atomic mass is 9.99. The minimum Gasteiger partial charge on any atom is -0.310 e. The molecule has 11 rings (SSSR count). The fourth-order valence-corrected chi connectivity index (χ4v) is 8.76. The lowest BCUT2D eigenvalue weighted by Crippen LogP contribution is -2.01. The molecule has 0 saturated heterocycles. The summed E-state index contributed by atoms with van der Waals surface area (Å²) in [4.78, 5) is 3.74. The molecule has 8 aromatic carbocycles. The third kappa shape index (κ3) is 4.45. The molecule has 0 aliphatic rings. The normalized spacial score (nSPS) is 11.6. The molecule has 0 radical (unpaired) electrons. The summed E-state index contributed by atoms with van der Waals surface area (Å²) < 4.78 is 6.98. The van der Waals surface area contributed by atoms with E-state index >= 15 is 0 Å². The lowest BCUT2D eigenvalue weighted by Gasteiger charge is -2.16. The third-order valence-electron chi connectivity index (χ3n) is 11.1. The smallest absolute Gasteiger partial charge is 0.189 e. The minimum atomic E-state index is 0.588. The van der Waals surface area contributed by atoms with Crippen LogP contribution >= 0.6 is 0 Å². The largest absolute Gasteiger partial charge is 0.310 e. The summed E-state index contributed by atoms with van der Waals surface area (Å²) in [6, 6.07) is 63.7. The van der Waals surface area contributed by atoms with Crippen molar-refractivity contribution in [3.05, 3.63) is 193 Å². The third-order valence-corrected chi connectivity index (χ3v) is 11.1. The summed E-state index contributed by atoms with van der Waals surface area (Å²) in [5.41, 5.74) is 12.5. The molecule has 0 amide bonds. The van der Waals surface area contributed by atoms with Gasteiger partial charge in [-0.2, -0.15) is 5.26 Å². The predicted molar refractivity (Wildman–Crippen MR) is 226 cm³/mol. The number of hydrogen-bond donors (Lipinski definition) is 0. The number of benzene rings is 8. The number of fused-ring (bicyclic) bond motifs is 9. The molecule has 11 aromatic rings. The van der Waals surface area contributed by atoms with Gasteiger partial charge in [-0.05, 0) is 72.3 Å². The second-order valence-corrected chi connectivity index (χ2v) is 14.0. The second kappa shape index (κ2) is 11.8. The van der Waals surface area contributed by atoms with Gasteiger partial charge in [0.2, 0.25) is 0 Å². The van der Waals surface area contributed by atoms with Crippen molar-refractivity contribution in [1.29, 1.82) is 5.26 Å². The Morgan fingerprint density at radius 3 is 1.64 bits per heavy atom. The molecule has 3 heterocycles. The summed E-state index contributed by atoms with van der Waals surface area (Å²) >= 11 is 0.